The molecule has 0 saturated heterocycles. The largest absolute Gasteiger partial charge is 0.480 e. The van der Waals surface area contributed by atoms with Gasteiger partial charge < -0.3 is 5.11 Å². The highest BCUT2D eigenvalue weighted by molar-refractivity contribution is 8.02. The number of carboxylic acid groups (broad SMARTS) is 1. The molecule has 1 aromatic heterocycles. The van der Waals surface area contributed by atoms with Gasteiger partial charge in [0.1, 0.15) is 10.1 Å². The zero-order valence-electron chi connectivity index (χ0n) is 17.2. The summed E-state index contributed by atoms with van der Waals surface area (Å²) in [6.07, 6.45) is 4.66. The number of anilines is 1. The average molecular weight is 534 g/mol. The molecular formula is C21H22Cl2N2O4S3. The van der Waals surface area contributed by atoms with Gasteiger partial charge in [-0.15, -0.1) is 11.3 Å². The third-order valence-electron chi connectivity index (χ3n) is 4.64. The molecule has 1 heterocycles. The molecule has 0 spiro atoms. The SMILES string of the molecule is CCCCCC[C@@H](Sc1nc2ccc(NS(=O)(=O)c3ccc(Cl)cc3Cl)cc2s1)C(=O)O. The van der Waals surface area contributed by atoms with Crippen molar-refractivity contribution in [3.8, 4) is 0 Å². The van der Waals surface area contributed by atoms with Gasteiger partial charge in [0.15, 0.2) is 4.34 Å². The number of halogens is 2. The summed E-state index contributed by atoms with van der Waals surface area (Å²) in [6.45, 7) is 2.11. The van der Waals surface area contributed by atoms with Crippen molar-refractivity contribution in [1.82, 2.24) is 4.98 Å². The van der Waals surface area contributed by atoms with Gasteiger partial charge in [-0.2, -0.15) is 0 Å². The van der Waals surface area contributed by atoms with Crippen LogP contribution >= 0.6 is 46.3 Å². The smallest absolute Gasteiger partial charge is 0.317 e. The number of nitrogens with zero attached hydrogens (tertiary/aromatic N) is 1. The van der Waals surface area contributed by atoms with Crippen LogP contribution in [0.15, 0.2) is 45.6 Å². The van der Waals surface area contributed by atoms with E-state index in [-0.39, 0.29) is 9.92 Å². The molecule has 0 bridgehead atoms. The number of fused-ring (bicyclic) bond motifs is 1. The van der Waals surface area contributed by atoms with Crippen molar-refractivity contribution in [1.29, 1.82) is 0 Å². The van der Waals surface area contributed by atoms with Gasteiger partial charge in [0.25, 0.3) is 10.0 Å². The summed E-state index contributed by atoms with van der Waals surface area (Å²) in [7, 11) is -3.91. The van der Waals surface area contributed by atoms with Crippen LogP contribution in [-0.4, -0.2) is 29.7 Å². The van der Waals surface area contributed by atoms with Crippen LogP contribution < -0.4 is 4.72 Å². The van der Waals surface area contributed by atoms with Crippen molar-refractivity contribution < 1.29 is 18.3 Å². The molecule has 0 radical (unpaired) electrons. The number of rotatable bonds is 11. The molecule has 0 fully saturated rings. The van der Waals surface area contributed by atoms with Crippen molar-refractivity contribution in [3.05, 3.63) is 46.4 Å². The molecule has 2 N–H and O–H groups in total. The summed E-state index contributed by atoms with van der Waals surface area (Å²) in [4.78, 5) is 16.1. The summed E-state index contributed by atoms with van der Waals surface area (Å²) >= 11 is 14.5. The Bertz CT molecular complexity index is 1210. The van der Waals surface area contributed by atoms with Crippen molar-refractivity contribution in [2.24, 2.45) is 0 Å². The zero-order valence-corrected chi connectivity index (χ0v) is 21.1. The molecule has 0 unspecified atom stereocenters. The lowest BCUT2D eigenvalue weighted by Gasteiger charge is -2.09. The number of aromatic nitrogens is 1. The quantitative estimate of drug-likeness (QED) is 0.205. The minimum Gasteiger partial charge on any atom is -0.480 e. The molecule has 6 nitrogen and oxygen atoms in total. The molecule has 0 saturated carbocycles. The van der Waals surface area contributed by atoms with Crippen LogP contribution in [0.5, 0.6) is 0 Å². The van der Waals surface area contributed by atoms with E-state index in [2.05, 4.69) is 16.6 Å². The Labute approximate surface area is 205 Å². The number of thiazole rings is 1. The van der Waals surface area contributed by atoms with E-state index in [0.29, 0.717) is 27.0 Å². The predicted octanol–water partition coefficient (Wildman–Crippen LogP) is 6.92. The number of hydrogen-bond donors (Lipinski definition) is 2. The van der Waals surface area contributed by atoms with Crippen LogP contribution in [0.25, 0.3) is 10.2 Å². The minimum absolute atomic E-state index is 0.0289. The van der Waals surface area contributed by atoms with E-state index >= 15 is 0 Å². The van der Waals surface area contributed by atoms with Crippen LogP contribution in [0.3, 0.4) is 0 Å². The normalized spacial score (nSPS) is 12.7. The number of carboxylic acids is 1. The molecule has 0 aliphatic carbocycles. The molecule has 11 heteroatoms. The first-order valence-electron chi connectivity index (χ1n) is 9.97. The number of benzene rings is 2. The highest BCUT2D eigenvalue weighted by atomic mass is 35.5. The third-order valence-corrected chi connectivity index (χ3v) is 9.11. The minimum atomic E-state index is -3.91. The lowest BCUT2D eigenvalue weighted by molar-refractivity contribution is -0.136. The fraction of sp³-hybridized carbons (Fsp3) is 0.333. The second-order valence-electron chi connectivity index (χ2n) is 7.14. The van der Waals surface area contributed by atoms with Crippen LogP contribution in [0.1, 0.15) is 39.0 Å². The van der Waals surface area contributed by atoms with E-state index in [0.717, 1.165) is 30.4 Å². The molecule has 2 aromatic carbocycles. The molecule has 0 aliphatic rings. The Morgan fingerprint density at radius 2 is 1.97 bits per heavy atom. The molecule has 0 aliphatic heterocycles. The summed E-state index contributed by atoms with van der Waals surface area (Å²) in [5.41, 5.74) is 1.04. The first-order chi connectivity index (χ1) is 15.2. The van der Waals surface area contributed by atoms with Crippen molar-refractivity contribution >= 4 is 78.2 Å². The number of hydrogen-bond acceptors (Lipinski definition) is 6. The second kappa shape index (κ2) is 11.1. The maximum absolute atomic E-state index is 12.7. The monoisotopic (exact) mass is 532 g/mol. The molecule has 3 rings (SSSR count). The predicted molar refractivity (Wildman–Crippen MR) is 133 cm³/mol. The molecule has 1 atom stereocenters. The Kier molecular flexibility index (Phi) is 8.68. The highest BCUT2D eigenvalue weighted by Gasteiger charge is 2.22. The van der Waals surface area contributed by atoms with Gasteiger partial charge in [0, 0.05) is 5.02 Å². The fourth-order valence-electron chi connectivity index (χ4n) is 3.03. The van der Waals surface area contributed by atoms with Gasteiger partial charge in [-0.05, 0) is 42.8 Å². The molecule has 3 aromatic rings. The summed E-state index contributed by atoms with van der Waals surface area (Å²) in [6, 6.07) is 9.16. The number of unbranched alkanes of at least 4 members (excludes halogenated alkanes) is 3. The maximum atomic E-state index is 12.7. The van der Waals surface area contributed by atoms with Crippen LogP contribution in [0, 0.1) is 0 Å². The van der Waals surface area contributed by atoms with Gasteiger partial charge >= 0.3 is 5.97 Å². The second-order valence-corrected chi connectivity index (χ2v) is 12.1. The van der Waals surface area contributed by atoms with Crippen molar-refractivity contribution in [2.75, 3.05) is 4.72 Å². The standard InChI is InChI=1S/C21H22Cl2N2O4S3/c1-2-3-4-5-6-17(20(26)27)30-21-24-16-9-8-14(12-18(16)31-21)25-32(28,29)19-10-7-13(22)11-15(19)23/h7-12,17,25H,2-6H2,1H3,(H,26,27)/t17-/m1/s1. The lowest BCUT2D eigenvalue weighted by Crippen LogP contribution is -2.15. The first kappa shape index (κ1) is 25.1. The van der Waals surface area contributed by atoms with E-state index in [4.69, 9.17) is 23.2 Å². The molecule has 172 valence electrons. The van der Waals surface area contributed by atoms with Gasteiger partial charge in [0.2, 0.25) is 0 Å². The fourth-order valence-corrected chi connectivity index (χ4v) is 7.18. The maximum Gasteiger partial charge on any atom is 0.317 e. The van der Waals surface area contributed by atoms with Crippen LogP contribution in [0.2, 0.25) is 10.0 Å². The van der Waals surface area contributed by atoms with Crippen molar-refractivity contribution in [2.45, 2.75) is 53.5 Å². The van der Waals surface area contributed by atoms with E-state index in [9.17, 15) is 18.3 Å². The van der Waals surface area contributed by atoms with Gasteiger partial charge in [-0.3, -0.25) is 9.52 Å². The van der Waals surface area contributed by atoms with Gasteiger partial charge in [0.05, 0.1) is 20.9 Å². The highest BCUT2D eigenvalue weighted by Crippen LogP contribution is 2.35. The summed E-state index contributed by atoms with van der Waals surface area (Å²) < 4.78 is 29.4. The number of nitrogens with one attached hydrogen (secondary N) is 1. The van der Waals surface area contributed by atoms with Gasteiger partial charge in [-0.1, -0.05) is 67.6 Å². The lowest BCUT2D eigenvalue weighted by atomic mass is 10.1. The van der Waals surface area contributed by atoms with Crippen LogP contribution in [0.4, 0.5) is 5.69 Å². The van der Waals surface area contributed by atoms with E-state index in [1.54, 1.807) is 18.2 Å². The number of aliphatic carboxylic acids is 1. The number of sulfonamides is 1. The Morgan fingerprint density at radius 3 is 2.66 bits per heavy atom. The molecule has 0 amide bonds. The Morgan fingerprint density at radius 1 is 1.19 bits per heavy atom. The van der Waals surface area contributed by atoms with Crippen LogP contribution in [-0.2, 0) is 14.8 Å². The van der Waals surface area contributed by atoms with E-state index in [1.165, 1.54) is 41.3 Å². The zero-order chi connectivity index (χ0) is 23.3. The Balaban J connectivity index is 1.76. The van der Waals surface area contributed by atoms with E-state index < -0.39 is 21.2 Å². The topological polar surface area (TPSA) is 96.4 Å². The summed E-state index contributed by atoms with van der Waals surface area (Å²) in [5.74, 6) is -0.848. The average Bonchev–Trinajstić information content (AvgIpc) is 3.11. The van der Waals surface area contributed by atoms with Crippen molar-refractivity contribution in [3.63, 3.8) is 0 Å². The first-order valence-corrected chi connectivity index (χ1v) is 13.9. The molecular weight excluding hydrogens is 511 g/mol. The summed E-state index contributed by atoms with van der Waals surface area (Å²) in [5, 5.41) is 9.36. The van der Waals surface area contributed by atoms with Gasteiger partial charge in [-0.25, -0.2) is 13.4 Å². The number of carbonyl (C=O) groups is 1. The Hall–Kier alpha value is -1.52. The number of thioether (sulfide) groups is 1. The van der Waals surface area contributed by atoms with E-state index in [1.807, 2.05) is 0 Å². The third kappa shape index (κ3) is 6.51. The molecule has 32 heavy (non-hydrogen) atoms.